The van der Waals surface area contributed by atoms with Gasteiger partial charge in [0.15, 0.2) is 0 Å². The van der Waals surface area contributed by atoms with Crippen molar-refractivity contribution in [3.63, 3.8) is 0 Å². The highest BCUT2D eigenvalue weighted by atomic mass is 32.1. The summed E-state index contributed by atoms with van der Waals surface area (Å²) < 4.78 is 40.4. The molecule has 0 aliphatic heterocycles. The molecule has 1 unspecified atom stereocenters. The number of aromatic nitrogens is 3. The van der Waals surface area contributed by atoms with Crippen LogP contribution in [0.5, 0.6) is 0 Å². The van der Waals surface area contributed by atoms with Gasteiger partial charge < -0.3 is 15.7 Å². The Morgan fingerprint density at radius 1 is 1.05 bits per heavy atom. The molecule has 0 radical (unpaired) electrons. The Morgan fingerprint density at radius 2 is 1.89 bits per heavy atom. The molecule has 0 amide bonds. The molecule has 1 fully saturated rings. The molecule has 0 bridgehead atoms. The van der Waals surface area contributed by atoms with Gasteiger partial charge in [0.05, 0.1) is 27.0 Å². The van der Waals surface area contributed by atoms with Crippen molar-refractivity contribution in [1.29, 1.82) is 0 Å². The zero-order valence-electron chi connectivity index (χ0n) is 20.3. The third kappa shape index (κ3) is 5.86. The number of para-hydroxylation sites is 1. The molecule has 10 heteroatoms. The first-order valence-corrected chi connectivity index (χ1v) is 13.1. The number of anilines is 2. The molecule has 2 aromatic carbocycles. The number of hydrogen-bond donors (Lipinski definition) is 3. The van der Waals surface area contributed by atoms with Gasteiger partial charge in [-0.15, -0.1) is 11.3 Å². The fourth-order valence-electron chi connectivity index (χ4n) is 4.87. The van der Waals surface area contributed by atoms with E-state index >= 15 is 0 Å². The molecular weight excluding hydrogens is 499 g/mol. The molecule has 37 heavy (non-hydrogen) atoms. The lowest BCUT2D eigenvalue weighted by atomic mass is 10.0. The molecule has 0 spiro atoms. The van der Waals surface area contributed by atoms with Crippen molar-refractivity contribution in [2.24, 2.45) is 5.92 Å². The summed E-state index contributed by atoms with van der Waals surface area (Å²) in [5, 5.41) is 16.8. The first-order valence-electron chi connectivity index (χ1n) is 12.3. The van der Waals surface area contributed by atoms with Crippen molar-refractivity contribution < 1.29 is 18.3 Å². The highest BCUT2D eigenvalue weighted by Crippen LogP contribution is 2.38. The minimum atomic E-state index is -4.39. The number of halogens is 3. The highest BCUT2D eigenvalue weighted by Gasteiger charge is 2.30. The average molecular weight is 528 g/mol. The van der Waals surface area contributed by atoms with Crippen LogP contribution < -0.4 is 10.6 Å². The Hall–Kier alpha value is -3.24. The maximum Gasteiger partial charge on any atom is 0.416 e. The molecule has 1 aliphatic carbocycles. The fourth-order valence-corrected chi connectivity index (χ4v) is 5.94. The average Bonchev–Trinajstić information content (AvgIpc) is 3.49. The first-order chi connectivity index (χ1) is 17.8. The van der Waals surface area contributed by atoms with Gasteiger partial charge in [-0.05, 0) is 68.4 Å². The van der Waals surface area contributed by atoms with Crippen molar-refractivity contribution in [2.45, 2.75) is 51.4 Å². The van der Waals surface area contributed by atoms with Gasteiger partial charge in [-0.1, -0.05) is 24.3 Å². The molecule has 1 aliphatic rings. The second-order valence-corrected chi connectivity index (χ2v) is 10.5. The molecule has 5 rings (SSSR count). The van der Waals surface area contributed by atoms with E-state index in [2.05, 4.69) is 15.6 Å². The number of alkyl halides is 3. The molecule has 4 aromatic rings. The summed E-state index contributed by atoms with van der Waals surface area (Å²) in [5.74, 6) is 1.47. The number of nitrogens with one attached hydrogen (secondary N) is 2. The zero-order valence-corrected chi connectivity index (χ0v) is 21.2. The van der Waals surface area contributed by atoms with Crippen LogP contribution in [0, 0.1) is 12.8 Å². The van der Waals surface area contributed by atoms with Crippen molar-refractivity contribution in [2.75, 3.05) is 17.2 Å². The lowest BCUT2D eigenvalue weighted by Crippen LogP contribution is -2.19. The molecular formula is C27H28F3N5OS. The third-order valence-electron chi connectivity index (χ3n) is 6.72. The van der Waals surface area contributed by atoms with Crippen LogP contribution >= 0.6 is 11.3 Å². The number of rotatable bonds is 8. The third-order valence-corrected chi connectivity index (χ3v) is 7.78. The summed E-state index contributed by atoms with van der Waals surface area (Å²) in [4.78, 5) is 14.2. The first kappa shape index (κ1) is 25.4. The Kier molecular flexibility index (Phi) is 7.30. The number of thiazole rings is 1. The smallest absolute Gasteiger partial charge is 0.396 e. The molecule has 3 N–H and O–H groups in total. The number of aliphatic hydroxyl groups excluding tert-OH is 1. The molecule has 2 heterocycles. The lowest BCUT2D eigenvalue weighted by molar-refractivity contribution is -0.137. The van der Waals surface area contributed by atoms with Crippen molar-refractivity contribution in [3.05, 3.63) is 65.4 Å². The van der Waals surface area contributed by atoms with Crippen LogP contribution in [-0.2, 0) is 12.7 Å². The van der Waals surface area contributed by atoms with E-state index in [9.17, 15) is 18.3 Å². The van der Waals surface area contributed by atoms with Crippen molar-refractivity contribution >= 4 is 33.3 Å². The molecule has 1 saturated carbocycles. The van der Waals surface area contributed by atoms with Gasteiger partial charge in [0.25, 0.3) is 0 Å². The second-order valence-electron chi connectivity index (χ2n) is 9.43. The number of aliphatic hydroxyl groups is 1. The zero-order chi connectivity index (χ0) is 26.0. The van der Waals surface area contributed by atoms with Gasteiger partial charge in [-0.3, -0.25) is 0 Å². The maximum absolute atomic E-state index is 13.1. The Bertz CT molecular complexity index is 1360. The van der Waals surface area contributed by atoms with E-state index in [1.165, 1.54) is 6.07 Å². The molecule has 194 valence electrons. The number of nitrogens with zero attached hydrogens (tertiary/aromatic N) is 3. The standard InChI is InChI=1S/C27H28F3N5OS/c1-16-23(25-34-21-7-2-3-8-22(21)37-25)24(33-20-10-9-17(14-20)11-12-36)35-26(32-16)31-15-18-5-4-6-19(13-18)27(28,29)30/h2-8,13,17,20,36H,9-12,14-15H2,1H3,(H2,31,32,33,35)/t17?,20-/m0/s1. The number of hydrogen-bond acceptors (Lipinski definition) is 7. The largest absolute Gasteiger partial charge is 0.416 e. The van der Waals surface area contributed by atoms with Crippen LogP contribution in [0.2, 0.25) is 0 Å². The summed E-state index contributed by atoms with van der Waals surface area (Å²) >= 11 is 1.57. The predicted molar refractivity (Wildman–Crippen MR) is 141 cm³/mol. The highest BCUT2D eigenvalue weighted by molar-refractivity contribution is 7.21. The minimum Gasteiger partial charge on any atom is -0.396 e. The SMILES string of the molecule is Cc1nc(NCc2cccc(C(F)(F)F)c2)nc(N[C@H]2CCC(CCO)C2)c1-c1nc2ccccc2s1. The van der Waals surface area contributed by atoms with Gasteiger partial charge in [0.1, 0.15) is 10.8 Å². The Labute approximate surface area is 217 Å². The maximum atomic E-state index is 13.1. The predicted octanol–water partition coefficient (Wildman–Crippen LogP) is 6.66. The van der Waals surface area contributed by atoms with Gasteiger partial charge in [-0.2, -0.15) is 18.2 Å². The normalized spacial score (nSPS) is 17.9. The van der Waals surface area contributed by atoms with E-state index in [0.29, 0.717) is 23.2 Å². The number of fused-ring (bicyclic) bond motifs is 1. The fraction of sp³-hybridized carbons (Fsp3) is 0.370. The van der Waals surface area contributed by atoms with E-state index < -0.39 is 11.7 Å². The van der Waals surface area contributed by atoms with E-state index in [-0.39, 0.29) is 19.2 Å². The van der Waals surface area contributed by atoms with Crippen LogP contribution in [0.15, 0.2) is 48.5 Å². The molecule has 2 atom stereocenters. The number of benzene rings is 2. The van der Waals surface area contributed by atoms with Crippen molar-refractivity contribution in [3.8, 4) is 10.6 Å². The Morgan fingerprint density at radius 3 is 2.68 bits per heavy atom. The van der Waals surface area contributed by atoms with E-state index in [4.69, 9.17) is 9.97 Å². The van der Waals surface area contributed by atoms with E-state index in [1.807, 2.05) is 31.2 Å². The topological polar surface area (TPSA) is 83.0 Å². The van der Waals surface area contributed by atoms with Crippen LogP contribution in [0.3, 0.4) is 0 Å². The summed E-state index contributed by atoms with van der Waals surface area (Å²) in [6.07, 6.45) is -0.654. The summed E-state index contributed by atoms with van der Waals surface area (Å²) in [6.45, 7) is 2.24. The summed E-state index contributed by atoms with van der Waals surface area (Å²) in [5.41, 5.74) is 2.27. The van der Waals surface area contributed by atoms with Gasteiger partial charge >= 0.3 is 6.18 Å². The molecule has 2 aromatic heterocycles. The second kappa shape index (κ2) is 10.6. The Balaban J connectivity index is 1.44. The van der Waals surface area contributed by atoms with Gasteiger partial charge in [0, 0.05) is 19.2 Å². The van der Waals surface area contributed by atoms with E-state index in [0.717, 1.165) is 64.3 Å². The van der Waals surface area contributed by atoms with Crippen LogP contribution in [0.25, 0.3) is 20.8 Å². The minimum absolute atomic E-state index is 0.158. The number of aryl methyl sites for hydroxylation is 1. The summed E-state index contributed by atoms with van der Waals surface area (Å²) in [6, 6.07) is 13.4. The van der Waals surface area contributed by atoms with E-state index in [1.54, 1.807) is 17.4 Å². The van der Waals surface area contributed by atoms with Crippen LogP contribution in [0.4, 0.5) is 24.9 Å². The van der Waals surface area contributed by atoms with Crippen LogP contribution in [0.1, 0.15) is 42.5 Å². The lowest BCUT2D eigenvalue weighted by Gasteiger charge is -2.18. The van der Waals surface area contributed by atoms with Crippen molar-refractivity contribution in [1.82, 2.24) is 15.0 Å². The van der Waals surface area contributed by atoms with Gasteiger partial charge in [0.2, 0.25) is 5.95 Å². The quantitative estimate of drug-likeness (QED) is 0.238. The molecule has 6 nitrogen and oxygen atoms in total. The van der Waals surface area contributed by atoms with Crippen LogP contribution in [-0.4, -0.2) is 32.7 Å². The summed E-state index contributed by atoms with van der Waals surface area (Å²) in [7, 11) is 0. The molecule has 0 saturated heterocycles. The van der Waals surface area contributed by atoms with Gasteiger partial charge in [-0.25, -0.2) is 9.97 Å². The monoisotopic (exact) mass is 527 g/mol.